The summed E-state index contributed by atoms with van der Waals surface area (Å²) < 4.78 is 10.6. The lowest BCUT2D eigenvalue weighted by atomic mass is 10.2. The SMILES string of the molecule is Clc1cc(CNCCc2nccs2)cc2c1OCO2. The summed E-state index contributed by atoms with van der Waals surface area (Å²) in [5.41, 5.74) is 1.09. The largest absolute Gasteiger partial charge is 0.454 e. The molecule has 3 rings (SSSR count). The Kier molecular flexibility index (Phi) is 3.87. The zero-order valence-corrected chi connectivity index (χ0v) is 11.8. The first kappa shape index (κ1) is 12.7. The van der Waals surface area contributed by atoms with Crippen LogP contribution in [-0.2, 0) is 13.0 Å². The van der Waals surface area contributed by atoms with Crippen molar-refractivity contribution in [1.82, 2.24) is 10.3 Å². The maximum Gasteiger partial charge on any atom is 0.231 e. The van der Waals surface area contributed by atoms with Gasteiger partial charge in [0, 0.05) is 31.1 Å². The lowest BCUT2D eigenvalue weighted by Gasteiger charge is -2.06. The van der Waals surface area contributed by atoms with Crippen LogP contribution >= 0.6 is 22.9 Å². The van der Waals surface area contributed by atoms with Gasteiger partial charge in [-0.25, -0.2) is 4.98 Å². The number of rotatable bonds is 5. The molecule has 1 aromatic heterocycles. The Bertz CT molecular complexity index is 560. The van der Waals surface area contributed by atoms with E-state index in [1.165, 1.54) is 0 Å². The smallest absolute Gasteiger partial charge is 0.231 e. The molecule has 0 aliphatic carbocycles. The molecule has 100 valence electrons. The zero-order valence-electron chi connectivity index (χ0n) is 10.2. The Hall–Kier alpha value is -1.30. The molecule has 0 saturated heterocycles. The van der Waals surface area contributed by atoms with E-state index in [0.717, 1.165) is 35.8 Å². The van der Waals surface area contributed by atoms with E-state index in [9.17, 15) is 0 Å². The second-order valence-corrected chi connectivity index (χ2v) is 5.55. The summed E-state index contributed by atoms with van der Waals surface area (Å²) in [6, 6.07) is 3.87. The summed E-state index contributed by atoms with van der Waals surface area (Å²) in [6.45, 7) is 1.89. The number of aromatic nitrogens is 1. The number of halogens is 1. The van der Waals surface area contributed by atoms with Gasteiger partial charge in [0.2, 0.25) is 6.79 Å². The van der Waals surface area contributed by atoms with Crippen LogP contribution in [0.1, 0.15) is 10.6 Å². The third kappa shape index (κ3) is 3.00. The van der Waals surface area contributed by atoms with Crippen molar-refractivity contribution in [3.8, 4) is 11.5 Å². The summed E-state index contributed by atoms with van der Waals surface area (Å²) in [4.78, 5) is 4.24. The van der Waals surface area contributed by atoms with Crippen molar-refractivity contribution in [3.05, 3.63) is 39.3 Å². The maximum absolute atomic E-state index is 6.13. The number of ether oxygens (including phenoxy) is 2. The first-order valence-electron chi connectivity index (χ1n) is 6.00. The molecule has 0 saturated carbocycles. The van der Waals surface area contributed by atoms with Gasteiger partial charge in [0.05, 0.1) is 10.0 Å². The highest BCUT2D eigenvalue weighted by atomic mass is 35.5. The number of nitrogens with one attached hydrogen (secondary N) is 1. The van der Waals surface area contributed by atoms with Gasteiger partial charge in [-0.1, -0.05) is 11.6 Å². The van der Waals surface area contributed by atoms with Crippen LogP contribution in [0.4, 0.5) is 0 Å². The van der Waals surface area contributed by atoms with Crippen molar-refractivity contribution in [2.75, 3.05) is 13.3 Å². The summed E-state index contributed by atoms with van der Waals surface area (Å²) in [5, 5.41) is 7.12. The molecule has 0 atom stereocenters. The number of nitrogens with zero attached hydrogens (tertiary/aromatic N) is 1. The highest BCUT2D eigenvalue weighted by Crippen LogP contribution is 2.39. The van der Waals surface area contributed by atoms with E-state index in [-0.39, 0.29) is 6.79 Å². The van der Waals surface area contributed by atoms with Crippen molar-refractivity contribution in [2.45, 2.75) is 13.0 Å². The van der Waals surface area contributed by atoms with Crippen LogP contribution in [0, 0.1) is 0 Å². The molecular formula is C13H13ClN2O2S. The van der Waals surface area contributed by atoms with Gasteiger partial charge in [-0.2, -0.15) is 0 Å². The van der Waals surface area contributed by atoms with E-state index in [1.807, 2.05) is 23.7 Å². The van der Waals surface area contributed by atoms with E-state index < -0.39 is 0 Å². The van der Waals surface area contributed by atoms with Gasteiger partial charge in [-0.3, -0.25) is 0 Å². The van der Waals surface area contributed by atoms with Gasteiger partial charge in [-0.05, 0) is 17.7 Å². The molecule has 0 spiro atoms. The van der Waals surface area contributed by atoms with Crippen molar-refractivity contribution in [3.63, 3.8) is 0 Å². The highest BCUT2D eigenvalue weighted by Gasteiger charge is 2.17. The fourth-order valence-electron chi connectivity index (χ4n) is 1.93. The van der Waals surface area contributed by atoms with Gasteiger partial charge < -0.3 is 14.8 Å². The third-order valence-corrected chi connectivity index (χ3v) is 3.94. The van der Waals surface area contributed by atoms with Gasteiger partial charge in [0.25, 0.3) is 0 Å². The molecule has 1 aliphatic heterocycles. The third-order valence-electron chi connectivity index (χ3n) is 2.82. The van der Waals surface area contributed by atoms with Crippen molar-refractivity contribution in [2.24, 2.45) is 0 Å². The van der Waals surface area contributed by atoms with Crippen molar-refractivity contribution >= 4 is 22.9 Å². The topological polar surface area (TPSA) is 43.4 Å². The summed E-state index contributed by atoms with van der Waals surface area (Å²) >= 11 is 7.81. The van der Waals surface area contributed by atoms with Crippen LogP contribution in [0.2, 0.25) is 5.02 Å². The Morgan fingerprint density at radius 1 is 1.37 bits per heavy atom. The summed E-state index contributed by atoms with van der Waals surface area (Å²) in [7, 11) is 0. The first-order chi connectivity index (χ1) is 9.33. The summed E-state index contributed by atoms with van der Waals surface area (Å²) in [6.07, 6.45) is 2.77. The number of fused-ring (bicyclic) bond motifs is 1. The van der Waals surface area contributed by atoms with E-state index in [0.29, 0.717) is 10.8 Å². The minimum atomic E-state index is 0.246. The number of hydrogen-bond donors (Lipinski definition) is 1. The van der Waals surface area contributed by atoms with E-state index >= 15 is 0 Å². The standard InChI is InChI=1S/C13H13ClN2O2S/c14-10-5-9(6-11-13(10)18-8-17-11)7-15-2-1-12-16-3-4-19-12/h3-6,15H,1-2,7-8H2. The average molecular weight is 297 g/mol. The Morgan fingerprint density at radius 3 is 3.16 bits per heavy atom. The molecule has 2 aromatic rings. The molecule has 0 radical (unpaired) electrons. The molecular weight excluding hydrogens is 284 g/mol. The van der Waals surface area contributed by atoms with Gasteiger partial charge in [0.1, 0.15) is 0 Å². The summed E-state index contributed by atoms with van der Waals surface area (Å²) in [5.74, 6) is 1.37. The van der Waals surface area contributed by atoms with Crippen LogP contribution in [0.25, 0.3) is 0 Å². The van der Waals surface area contributed by atoms with E-state index in [1.54, 1.807) is 11.3 Å². The Balaban J connectivity index is 1.54. The molecule has 19 heavy (non-hydrogen) atoms. The Morgan fingerprint density at radius 2 is 2.32 bits per heavy atom. The molecule has 0 bridgehead atoms. The molecule has 1 aliphatic rings. The quantitative estimate of drug-likeness (QED) is 0.862. The van der Waals surface area contributed by atoms with Gasteiger partial charge in [0.15, 0.2) is 11.5 Å². The van der Waals surface area contributed by atoms with E-state index in [2.05, 4.69) is 10.3 Å². The molecule has 2 heterocycles. The lowest BCUT2D eigenvalue weighted by molar-refractivity contribution is 0.174. The molecule has 1 aromatic carbocycles. The number of thiazole rings is 1. The Labute approximate surface area is 120 Å². The van der Waals surface area contributed by atoms with Crippen LogP contribution in [0.3, 0.4) is 0 Å². The number of hydrogen-bond acceptors (Lipinski definition) is 5. The molecule has 0 unspecified atom stereocenters. The fraction of sp³-hybridized carbons (Fsp3) is 0.308. The molecule has 0 amide bonds. The van der Waals surface area contributed by atoms with Crippen LogP contribution in [0.5, 0.6) is 11.5 Å². The minimum Gasteiger partial charge on any atom is -0.454 e. The van der Waals surface area contributed by atoms with Gasteiger partial charge >= 0.3 is 0 Å². The molecule has 4 nitrogen and oxygen atoms in total. The average Bonchev–Trinajstić information content (AvgIpc) is 3.05. The molecule has 6 heteroatoms. The normalized spacial score (nSPS) is 12.9. The second-order valence-electron chi connectivity index (χ2n) is 4.16. The molecule has 1 N–H and O–H groups in total. The van der Waals surface area contributed by atoms with Gasteiger partial charge in [-0.15, -0.1) is 11.3 Å². The monoisotopic (exact) mass is 296 g/mol. The van der Waals surface area contributed by atoms with Crippen LogP contribution in [-0.4, -0.2) is 18.3 Å². The van der Waals surface area contributed by atoms with Crippen molar-refractivity contribution < 1.29 is 9.47 Å². The predicted octanol–water partition coefficient (Wildman–Crippen LogP) is 2.86. The highest BCUT2D eigenvalue weighted by molar-refractivity contribution is 7.09. The number of benzene rings is 1. The van der Waals surface area contributed by atoms with Crippen LogP contribution in [0.15, 0.2) is 23.7 Å². The zero-order chi connectivity index (χ0) is 13.1. The fourth-order valence-corrected chi connectivity index (χ4v) is 2.84. The van der Waals surface area contributed by atoms with Crippen molar-refractivity contribution in [1.29, 1.82) is 0 Å². The lowest BCUT2D eigenvalue weighted by Crippen LogP contribution is -2.16. The second kappa shape index (κ2) is 5.77. The maximum atomic E-state index is 6.13. The predicted molar refractivity (Wildman–Crippen MR) is 75.1 cm³/mol. The van der Waals surface area contributed by atoms with Crippen LogP contribution < -0.4 is 14.8 Å². The minimum absolute atomic E-state index is 0.246. The first-order valence-corrected chi connectivity index (χ1v) is 7.26. The van der Waals surface area contributed by atoms with E-state index in [4.69, 9.17) is 21.1 Å². The molecule has 0 fully saturated rings.